The Hall–Kier alpha value is -0.520. The van der Waals surface area contributed by atoms with E-state index < -0.39 is 46.1 Å². The van der Waals surface area contributed by atoms with Crippen molar-refractivity contribution in [3.8, 4) is 0 Å². The summed E-state index contributed by atoms with van der Waals surface area (Å²) in [6, 6.07) is 0. The second kappa shape index (κ2) is 6.31. The van der Waals surface area contributed by atoms with Gasteiger partial charge in [-0.1, -0.05) is 4.89 Å². The predicted octanol–water partition coefficient (Wildman–Crippen LogP) is 2.08. The van der Waals surface area contributed by atoms with Crippen LogP contribution in [0.15, 0.2) is 0 Å². The largest absolute Gasteiger partial charge is 0.484 e. The van der Waals surface area contributed by atoms with E-state index in [0.29, 0.717) is 0 Å². The first-order valence-electron chi connectivity index (χ1n) is 3.87. The number of halogens is 10. The molecule has 2 unspecified atom stereocenters. The molecule has 5 nitrogen and oxygen atoms in total. The van der Waals surface area contributed by atoms with E-state index in [4.69, 9.17) is 0 Å². The minimum absolute atomic E-state index is 0.279. The van der Waals surface area contributed by atoms with Crippen molar-refractivity contribution < 1.29 is 60.8 Å². The van der Waals surface area contributed by atoms with E-state index in [9.17, 15) is 52.3 Å². The number of hydrogen-bond donors (Lipinski definition) is 1. The number of hydrogen-bond acceptors (Lipinski definition) is 4. The monoisotopic (exact) mass is 381 g/mol. The molecule has 0 aromatic carbocycles. The zero-order chi connectivity index (χ0) is 17.3. The van der Waals surface area contributed by atoms with Crippen molar-refractivity contribution in [3.63, 3.8) is 0 Å². The van der Waals surface area contributed by atoms with Gasteiger partial charge in [-0.2, -0.15) is 52.4 Å². The summed E-state index contributed by atoms with van der Waals surface area (Å²) in [5, 5.41) is -6.02. The predicted molar refractivity (Wildman–Crippen MR) is 43.6 cm³/mol. The molecule has 0 saturated heterocycles. The third-order valence-electron chi connectivity index (χ3n) is 1.23. The van der Waals surface area contributed by atoms with Crippen molar-refractivity contribution in [3.05, 3.63) is 0 Å². The molecule has 0 aromatic rings. The summed E-state index contributed by atoms with van der Waals surface area (Å²) in [6.07, 6.45) is -18.8. The minimum Gasteiger partial charge on any atom is -0.221 e. The van der Waals surface area contributed by atoms with Gasteiger partial charge in [0, 0.05) is 0 Å². The normalized spacial score (nSPS) is 17.6. The summed E-state index contributed by atoms with van der Waals surface area (Å²) in [5.41, 5.74) is 0. The first kappa shape index (κ1) is 20.5. The van der Waals surface area contributed by atoms with Crippen LogP contribution < -0.4 is 4.89 Å². The van der Waals surface area contributed by atoms with E-state index in [1.807, 2.05) is 0 Å². The third kappa shape index (κ3) is 5.31. The fourth-order valence-electron chi connectivity index (χ4n) is 0.365. The van der Waals surface area contributed by atoms with E-state index in [1.54, 1.807) is 0 Å². The van der Waals surface area contributed by atoms with E-state index >= 15 is 0 Å². The Kier molecular flexibility index (Phi) is 6.15. The molecule has 17 heteroatoms. The highest BCUT2D eigenvalue weighted by Gasteiger charge is 2.64. The summed E-state index contributed by atoms with van der Waals surface area (Å²) in [5.74, 6) is 0. The van der Waals surface area contributed by atoms with Crippen molar-refractivity contribution in [2.45, 2.75) is 23.7 Å². The molecular formula is C4HF10NO4S2. The van der Waals surface area contributed by atoms with Gasteiger partial charge in [-0.15, -0.1) is 0 Å². The summed E-state index contributed by atoms with van der Waals surface area (Å²) in [7, 11) is 0. The van der Waals surface area contributed by atoms with Gasteiger partial charge in [0.25, 0.3) is 22.3 Å². The molecule has 128 valence electrons. The van der Waals surface area contributed by atoms with Crippen molar-refractivity contribution in [1.82, 2.24) is 4.89 Å². The standard InChI is InChI=1S/C4HF10NO4S2/c5-1(6,7)3(11,12)18-21(17)15-19-20(16)4(13,14)2(8,9)10/h15H. The molecule has 0 radical (unpaired) electrons. The van der Waals surface area contributed by atoms with E-state index in [-0.39, 0.29) is 4.89 Å². The molecule has 0 rings (SSSR count). The average Bonchev–Trinajstić information content (AvgIpc) is 2.21. The molecule has 0 saturated carbocycles. The highest BCUT2D eigenvalue weighted by Crippen LogP contribution is 2.39. The van der Waals surface area contributed by atoms with Gasteiger partial charge in [0.15, 0.2) is 0 Å². The molecule has 0 heterocycles. The van der Waals surface area contributed by atoms with Crippen LogP contribution in [0, 0.1) is 0 Å². The molecule has 0 aromatic heterocycles. The van der Waals surface area contributed by atoms with Crippen LogP contribution in [-0.4, -0.2) is 32.1 Å². The minimum atomic E-state index is -6.39. The molecule has 1 N–H and O–H groups in total. The van der Waals surface area contributed by atoms with Gasteiger partial charge in [0.2, 0.25) is 0 Å². The average molecular weight is 381 g/mol. The first-order chi connectivity index (χ1) is 9.02. The van der Waals surface area contributed by atoms with Gasteiger partial charge >= 0.3 is 23.7 Å². The SMILES string of the molecule is O=S(NOS(=O)C(F)(F)C(F)(F)F)OC(F)(F)C(F)(F)F. The maximum atomic E-state index is 12.2. The molecule has 0 aliphatic carbocycles. The Morgan fingerprint density at radius 3 is 1.52 bits per heavy atom. The molecule has 2 atom stereocenters. The quantitative estimate of drug-likeness (QED) is 0.565. The van der Waals surface area contributed by atoms with Crippen LogP contribution >= 0.6 is 0 Å². The Labute approximate surface area is 113 Å². The Morgan fingerprint density at radius 2 is 1.19 bits per heavy atom. The van der Waals surface area contributed by atoms with Gasteiger partial charge in [0.05, 0.1) is 0 Å². The second-order valence-electron chi connectivity index (χ2n) is 2.75. The zero-order valence-electron chi connectivity index (χ0n) is 8.73. The summed E-state index contributed by atoms with van der Waals surface area (Å²) in [4.78, 5) is 0.279. The zero-order valence-corrected chi connectivity index (χ0v) is 10.4. The van der Waals surface area contributed by atoms with Gasteiger partial charge in [-0.25, -0.2) is 8.42 Å². The Bertz CT molecular complexity index is 418. The van der Waals surface area contributed by atoms with Crippen LogP contribution in [0.5, 0.6) is 0 Å². The summed E-state index contributed by atoms with van der Waals surface area (Å²) < 4.78 is 144. The van der Waals surface area contributed by atoms with Crippen LogP contribution in [0.25, 0.3) is 0 Å². The van der Waals surface area contributed by atoms with E-state index in [0.717, 1.165) is 0 Å². The molecule has 0 aliphatic rings. The van der Waals surface area contributed by atoms with Gasteiger partial charge in [0.1, 0.15) is 0 Å². The second-order valence-corrected chi connectivity index (χ2v) is 4.70. The molecule has 21 heavy (non-hydrogen) atoms. The maximum absolute atomic E-state index is 12.2. The van der Waals surface area contributed by atoms with Crippen LogP contribution in [0.4, 0.5) is 43.9 Å². The van der Waals surface area contributed by atoms with Gasteiger partial charge in [-0.05, 0) is 0 Å². The Morgan fingerprint density at radius 1 is 0.762 bits per heavy atom. The van der Waals surface area contributed by atoms with Crippen LogP contribution in [-0.2, 0) is 30.8 Å². The summed E-state index contributed by atoms with van der Waals surface area (Å²) in [6.45, 7) is 0. The summed E-state index contributed by atoms with van der Waals surface area (Å²) >= 11 is -8.69. The Balaban J connectivity index is 4.63. The number of nitrogens with one attached hydrogen (secondary N) is 1. The first-order valence-corrected chi connectivity index (χ1v) is 6.02. The molecule has 0 amide bonds. The van der Waals surface area contributed by atoms with Crippen molar-refractivity contribution in [1.29, 1.82) is 0 Å². The fraction of sp³-hybridized carbons (Fsp3) is 1.00. The van der Waals surface area contributed by atoms with E-state index in [1.165, 1.54) is 0 Å². The molecule has 0 aliphatic heterocycles. The van der Waals surface area contributed by atoms with E-state index in [2.05, 4.69) is 8.47 Å². The number of alkyl halides is 10. The highest BCUT2D eigenvalue weighted by atomic mass is 32.2. The lowest BCUT2D eigenvalue weighted by atomic mass is 10.6. The lowest BCUT2D eigenvalue weighted by Crippen LogP contribution is -2.45. The van der Waals surface area contributed by atoms with Crippen LogP contribution in [0.1, 0.15) is 0 Å². The lowest BCUT2D eigenvalue weighted by molar-refractivity contribution is -0.358. The van der Waals surface area contributed by atoms with Crippen molar-refractivity contribution >= 4 is 22.3 Å². The highest BCUT2D eigenvalue weighted by molar-refractivity contribution is 7.82. The van der Waals surface area contributed by atoms with Crippen LogP contribution in [0.3, 0.4) is 0 Å². The molecule has 0 spiro atoms. The maximum Gasteiger partial charge on any atom is 0.484 e. The topological polar surface area (TPSA) is 64.6 Å². The molecular weight excluding hydrogens is 380 g/mol. The molecule has 0 bridgehead atoms. The van der Waals surface area contributed by atoms with Crippen molar-refractivity contribution in [2.75, 3.05) is 0 Å². The fourth-order valence-corrected chi connectivity index (χ4v) is 1.45. The van der Waals surface area contributed by atoms with Crippen molar-refractivity contribution in [2.24, 2.45) is 0 Å². The van der Waals surface area contributed by atoms with Crippen LogP contribution in [0.2, 0.25) is 0 Å². The van der Waals surface area contributed by atoms with Gasteiger partial charge < -0.3 is 0 Å². The van der Waals surface area contributed by atoms with Gasteiger partial charge in [-0.3, -0.25) is 0 Å². The third-order valence-corrected chi connectivity index (χ3v) is 2.80. The lowest BCUT2D eigenvalue weighted by Gasteiger charge is -2.19. The smallest absolute Gasteiger partial charge is 0.221 e. The number of rotatable bonds is 6. The molecule has 0 fully saturated rings.